The van der Waals surface area contributed by atoms with E-state index in [-0.39, 0.29) is 12.3 Å². The molecule has 0 saturated heterocycles. The zero-order chi connectivity index (χ0) is 15.4. The van der Waals surface area contributed by atoms with Gasteiger partial charge in [-0.3, -0.25) is 9.59 Å². The maximum atomic E-state index is 12.1. The monoisotopic (exact) mass is 367 g/mol. The van der Waals surface area contributed by atoms with Crippen LogP contribution < -0.4 is 5.32 Å². The summed E-state index contributed by atoms with van der Waals surface area (Å²) >= 11 is 9.18. The van der Waals surface area contributed by atoms with Gasteiger partial charge in [-0.2, -0.15) is 0 Å². The van der Waals surface area contributed by atoms with E-state index < -0.39 is 5.97 Å². The molecule has 0 aliphatic rings. The van der Waals surface area contributed by atoms with Crippen molar-refractivity contribution < 1.29 is 14.7 Å². The SMILES string of the molecule is O=C(O)Cc1ccc(NC(=O)c2cc(Cl)cc(Br)c2)cc1. The number of carbonyl (C=O) groups is 2. The highest BCUT2D eigenvalue weighted by Gasteiger charge is 2.08. The molecule has 2 rings (SSSR count). The van der Waals surface area contributed by atoms with Crippen molar-refractivity contribution in [2.45, 2.75) is 6.42 Å². The van der Waals surface area contributed by atoms with Gasteiger partial charge in [-0.25, -0.2) is 0 Å². The summed E-state index contributed by atoms with van der Waals surface area (Å²) in [5.41, 5.74) is 1.69. The summed E-state index contributed by atoms with van der Waals surface area (Å²) in [6, 6.07) is 11.6. The first kappa shape index (κ1) is 15.5. The molecule has 2 aromatic rings. The van der Waals surface area contributed by atoms with Crippen LogP contribution in [0.5, 0.6) is 0 Å². The summed E-state index contributed by atoms with van der Waals surface area (Å²) in [7, 11) is 0. The van der Waals surface area contributed by atoms with Gasteiger partial charge in [-0.05, 0) is 35.9 Å². The first-order chi connectivity index (χ1) is 9.94. The van der Waals surface area contributed by atoms with E-state index in [1.807, 2.05) is 0 Å². The summed E-state index contributed by atoms with van der Waals surface area (Å²) in [4.78, 5) is 22.7. The number of aliphatic carboxylic acids is 1. The average Bonchev–Trinajstić information content (AvgIpc) is 2.39. The van der Waals surface area contributed by atoms with E-state index in [4.69, 9.17) is 16.7 Å². The Kier molecular flexibility index (Phi) is 4.98. The van der Waals surface area contributed by atoms with Gasteiger partial charge in [-0.1, -0.05) is 39.7 Å². The summed E-state index contributed by atoms with van der Waals surface area (Å²) in [5, 5.41) is 11.9. The number of carboxylic acid groups (broad SMARTS) is 1. The van der Waals surface area contributed by atoms with Crippen LogP contribution in [0.2, 0.25) is 5.02 Å². The van der Waals surface area contributed by atoms with Crippen molar-refractivity contribution in [3.63, 3.8) is 0 Å². The molecule has 0 unspecified atom stereocenters. The number of rotatable bonds is 4. The van der Waals surface area contributed by atoms with Gasteiger partial charge in [0.25, 0.3) is 5.91 Å². The standard InChI is InChI=1S/C15H11BrClNO3/c16-11-6-10(7-12(17)8-11)15(21)18-13-3-1-9(2-4-13)5-14(19)20/h1-4,6-8H,5H2,(H,18,21)(H,19,20). The van der Waals surface area contributed by atoms with Crippen molar-refractivity contribution in [2.75, 3.05) is 5.32 Å². The molecule has 0 aromatic heterocycles. The number of hydrogen-bond donors (Lipinski definition) is 2. The van der Waals surface area contributed by atoms with E-state index in [1.165, 1.54) is 0 Å². The number of hydrogen-bond acceptors (Lipinski definition) is 2. The van der Waals surface area contributed by atoms with Crippen molar-refractivity contribution in [3.05, 3.63) is 63.1 Å². The van der Waals surface area contributed by atoms with Crippen LogP contribution in [0, 0.1) is 0 Å². The van der Waals surface area contributed by atoms with E-state index in [9.17, 15) is 9.59 Å². The molecule has 0 spiro atoms. The third-order valence-electron chi connectivity index (χ3n) is 2.69. The van der Waals surface area contributed by atoms with Crippen LogP contribution in [0.1, 0.15) is 15.9 Å². The Morgan fingerprint density at radius 3 is 2.38 bits per heavy atom. The Hall–Kier alpha value is -1.85. The quantitative estimate of drug-likeness (QED) is 0.858. The topological polar surface area (TPSA) is 66.4 Å². The number of benzene rings is 2. The molecule has 0 bridgehead atoms. The molecule has 0 aliphatic carbocycles. The van der Waals surface area contributed by atoms with Gasteiger partial charge < -0.3 is 10.4 Å². The molecule has 4 nitrogen and oxygen atoms in total. The molecule has 1 amide bonds. The molecule has 0 atom stereocenters. The highest BCUT2D eigenvalue weighted by molar-refractivity contribution is 9.10. The zero-order valence-corrected chi connectivity index (χ0v) is 13.1. The number of amides is 1. The fourth-order valence-corrected chi connectivity index (χ4v) is 2.63. The number of halogens is 2. The van der Waals surface area contributed by atoms with Crippen LogP contribution in [0.15, 0.2) is 46.9 Å². The van der Waals surface area contributed by atoms with Crippen molar-refractivity contribution in [1.82, 2.24) is 0 Å². The lowest BCUT2D eigenvalue weighted by molar-refractivity contribution is -0.136. The number of carbonyl (C=O) groups excluding carboxylic acids is 1. The Morgan fingerprint density at radius 1 is 1.14 bits per heavy atom. The van der Waals surface area contributed by atoms with Crippen LogP contribution in [0.25, 0.3) is 0 Å². The average molecular weight is 369 g/mol. The van der Waals surface area contributed by atoms with Crippen molar-refractivity contribution >= 4 is 45.1 Å². The number of nitrogens with one attached hydrogen (secondary N) is 1. The molecule has 2 N–H and O–H groups in total. The minimum absolute atomic E-state index is 0.0462. The summed E-state index contributed by atoms with van der Waals surface area (Å²) in [6.07, 6.45) is -0.0462. The number of carboxylic acids is 1. The number of anilines is 1. The molecule has 0 heterocycles. The molecule has 108 valence electrons. The Bertz CT molecular complexity index is 666. The molecule has 2 aromatic carbocycles. The first-order valence-corrected chi connectivity index (χ1v) is 7.19. The lowest BCUT2D eigenvalue weighted by Crippen LogP contribution is -2.12. The predicted octanol–water partition coefficient (Wildman–Crippen LogP) is 3.98. The van der Waals surface area contributed by atoms with Gasteiger partial charge in [0.15, 0.2) is 0 Å². The first-order valence-electron chi connectivity index (χ1n) is 6.02. The Labute approximate surface area is 134 Å². The van der Waals surface area contributed by atoms with Crippen LogP contribution in [-0.2, 0) is 11.2 Å². The third-order valence-corrected chi connectivity index (χ3v) is 3.37. The smallest absolute Gasteiger partial charge is 0.307 e. The normalized spacial score (nSPS) is 10.2. The highest BCUT2D eigenvalue weighted by Crippen LogP contribution is 2.20. The summed E-state index contributed by atoms with van der Waals surface area (Å²) < 4.78 is 0.719. The third kappa shape index (κ3) is 4.58. The van der Waals surface area contributed by atoms with E-state index in [2.05, 4.69) is 21.2 Å². The van der Waals surface area contributed by atoms with E-state index >= 15 is 0 Å². The molecule has 6 heteroatoms. The van der Waals surface area contributed by atoms with Gasteiger partial charge >= 0.3 is 5.97 Å². The molecule has 0 radical (unpaired) electrons. The van der Waals surface area contributed by atoms with Crippen LogP contribution in [-0.4, -0.2) is 17.0 Å². The molecular weight excluding hydrogens is 358 g/mol. The fourth-order valence-electron chi connectivity index (χ4n) is 1.77. The summed E-state index contributed by atoms with van der Waals surface area (Å²) in [6.45, 7) is 0. The van der Waals surface area contributed by atoms with Crippen LogP contribution in [0.4, 0.5) is 5.69 Å². The Morgan fingerprint density at radius 2 is 1.81 bits per heavy atom. The minimum Gasteiger partial charge on any atom is -0.481 e. The Balaban J connectivity index is 2.10. The zero-order valence-electron chi connectivity index (χ0n) is 10.8. The predicted molar refractivity (Wildman–Crippen MR) is 84.9 cm³/mol. The lowest BCUT2D eigenvalue weighted by Gasteiger charge is -2.07. The van der Waals surface area contributed by atoms with Crippen LogP contribution in [0.3, 0.4) is 0 Å². The fraction of sp³-hybridized carbons (Fsp3) is 0.0667. The van der Waals surface area contributed by atoms with Gasteiger partial charge in [-0.15, -0.1) is 0 Å². The van der Waals surface area contributed by atoms with E-state index in [0.717, 1.165) is 4.47 Å². The molecule has 0 saturated carbocycles. The molecule has 21 heavy (non-hydrogen) atoms. The molecule has 0 aliphatic heterocycles. The summed E-state index contributed by atoms with van der Waals surface area (Å²) in [5.74, 6) is -1.18. The maximum Gasteiger partial charge on any atom is 0.307 e. The van der Waals surface area contributed by atoms with Gasteiger partial charge in [0.2, 0.25) is 0 Å². The van der Waals surface area contributed by atoms with E-state index in [1.54, 1.807) is 42.5 Å². The van der Waals surface area contributed by atoms with Gasteiger partial charge in [0, 0.05) is 20.7 Å². The second-order valence-electron chi connectivity index (χ2n) is 4.38. The second kappa shape index (κ2) is 6.74. The van der Waals surface area contributed by atoms with Gasteiger partial charge in [0.1, 0.15) is 0 Å². The van der Waals surface area contributed by atoms with Crippen LogP contribution >= 0.6 is 27.5 Å². The minimum atomic E-state index is -0.893. The molecular formula is C15H11BrClNO3. The largest absolute Gasteiger partial charge is 0.481 e. The van der Waals surface area contributed by atoms with Crippen molar-refractivity contribution in [3.8, 4) is 0 Å². The van der Waals surface area contributed by atoms with Crippen molar-refractivity contribution in [1.29, 1.82) is 0 Å². The maximum absolute atomic E-state index is 12.1. The highest BCUT2D eigenvalue weighted by atomic mass is 79.9. The second-order valence-corrected chi connectivity index (χ2v) is 5.73. The van der Waals surface area contributed by atoms with E-state index in [0.29, 0.717) is 21.8 Å². The lowest BCUT2D eigenvalue weighted by atomic mass is 10.1. The molecule has 0 fully saturated rings. The van der Waals surface area contributed by atoms with Gasteiger partial charge in [0.05, 0.1) is 6.42 Å². The van der Waals surface area contributed by atoms with Crippen molar-refractivity contribution in [2.24, 2.45) is 0 Å².